The zero-order valence-corrected chi connectivity index (χ0v) is 13.4. The van der Waals surface area contributed by atoms with Crippen LogP contribution in [0.15, 0.2) is 35.4 Å². The summed E-state index contributed by atoms with van der Waals surface area (Å²) in [5.41, 5.74) is -0.220. The Kier molecular flexibility index (Phi) is 4.91. The number of nitro benzene ring substituents is 1. The maximum Gasteiger partial charge on any atom is 0.350 e. The summed E-state index contributed by atoms with van der Waals surface area (Å²) in [6.45, 7) is 1.84. The molecular weight excluding hydrogens is 346 g/mol. The normalized spacial score (nSPS) is 11.0. The number of nitrogens with zero attached hydrogens (tertiary/aromatic N) is 2. The van der Waals surface area contributed by atoms with Crippen molar-refractivity contribution in [2.75, 3.05) is 11.3 Å². The van der Waals surface area contributed by atoms with E-state index in [1.54, 1.807) is 6.92 Å². The third kappa shape index (κ3) is 4.02. The number of carbonyl (C=O) groups excluding carboxylic acids is 1. The molecular formula is C12H11N3O6S2. The predicted molar refractivity (Wildman–Crippen MR) is 82.0 cm³/mol. The Morgan fingerprint density at radius 1 is 1.39 bits per heavy atom. The predicted octanol–water partition coefficient (Wildman–Crippen LogP) is 2.03. The zero-order chi connectivity index (χ0) is 17.0. The number of esters is 1. The number of sulfonamides is 1. The quantitative estimate of drug-likeness (QED) is 0.476. The SMILES string of the molecule is CCOC(=O)c1cnc(NS(=O)(=O)c2ccc([N+](=O)[O-])cc2)s1. The van der Waals surface area contributed by atoms with Gasteiger partial charge in [0.05, 0.1) is 22.6 Å². The van der Waals surface area contributed by atoms with Gasteiger partial charge in [-0.1, -0.05) is 11.3 Å². The van der Waals surface area contributed by atoms with Gasteiger partial charge in [0.1, 0.15) is 4.88 Å². The standard InChI is InChI=1S/C12H11N3O6S2/c1-2-21-11(16)10-7-13-12(22-10)14-23(19,20)9-5-3-8(4-6-9)15(17)18/h3-7H,2H2,1H3,(H,13,14). The maximum atomic E-state index is 12.2. The van der Waals surface area contributed by atoms with Crippen LogP contribution in [-0.4, -0.2) is 30.9 Å². The molecule has 0 amide bonds. The van der Waals surface area contributed by atoms with Crippen molar-refractivity contribution in [3.63, 3.8) is 0 Å². The third-order valence-electron chi connectivity index (χ3n) is 2.56. The average Bonchev–Trinajstić information content (AvgIpc) is 2.95. The number of non-ortho nitro benzene ring substituents is 1. The highest BCUT2D eigenvalue weighted by atomic mass is 32.2. The Morgan fingerprint density at radius 3 is 2.61 bits per heavy atom. The third-order valence-corrected chi connectivity index (χ3v) is 4.94. The Hall–Kier alpha value is -2.53. The Balaban J connectivity index is 2.18. The molecule has 1 N–H and O–H groups in total. The van der Waals surface area contributed by atoms with Gasteiger partial charge < -0.3 is 4.74 Å². The molecule has 0 radical (unpaired) electrons. The van der Waals surface area contributed by atoms with Crippen molar-refractivity contribution in [2.45, 2.75) is 11.8 Å². The second-order valence-electron chi connectivity index (χ2n) is 4.11. The number of benzene rings is 1. The molecule has 2 aromatic rings. The Labute approximate surface area is 135 Å². The number of nitro groups is 1. The van der Waals surface area contributed by atoms with Crippen LogP contribution in [-0.2, 0) is 14.8 Å². The monoisotopic (exact) mass is 357 g/mol. The lowest BCUT2D eigenvalue weighted by Gasteiger charge is -2.04. The van der Waals surface area contributed by atoms with Crippen molar-refractivity contribution >= 4 is 38.1 Å². The maximum absolute atomic E-state index is 12.2. The molecule has 2 rings (SSSR count). The number of nitrogens with one attached hydrogen (secondary N) is 1. The van der Waals surface area contributed by atoms with Crippen molar-refractivity contribution in [3.8, 4) is 0 Å². The van der Waals surface area contributed by atoms with E-state index in [1.807, 2.05) is 0 Å². The van der Waals surface area contributed by atoms with E-state index in [-0.39, 0.29) is 27.2 Å². The molecule has 0 fully saturated rings. The number of hydrogen-bond donors (Lipinski definition) is 1. The van der Waals surface area contributed by atoms with Gasteiger partial charge in [0.15, 0.2) is 5.13 Å². The molecule has 0 atom stereocenters. The minimum Gasteiger partial charge on any atom is -0.462 e. The summed E-state index contributed by atoms with van der Waals surface area (Å²) < 4.78 is 31.3. The fourth-order valence-electron chi connectivity index (χ4n) is 1.54. The van der Waals surface area contributed by atoms with Crippen LogP contribution in [0.1, 0.15) is 16.6 Å². The first-order valence-corrected chi connectivity index (χ1v) is 8.53. The lowest BCUT2D eigenvalue weighted by atomic mass is 10.3. The summed E-state index contributed by atoms with van der Waals surface area (Å²) in [5, 5.41) is 10.6. The highest BCUT2D eigenvalue weighted by Crippen LogP contribution is 2.23. The number of thiazole rings is 1. The molecule has 0 saturated carbocycles. The topological polar surface area (TPSA) is 128 Å². The van der Waals surface area contributed by atoms with Gasteiger partial charge in [-0.25, -0.2) is 18.2 Å². The fraction of sp³-hybridized carbons (Fsp3) is 0.167. The largest absolute Gasteiger partial charge is 0.462 e. The van der Waals surface area contributed by atoms with Crippen LogP contribution in [0.4, 0.5) is 10.8 Å². The van der Waals surface area contributed by atoms with Crippen LogP contribution >= 0.6 is 11.3 Å². The van der Waals surface area contributed by atoms with Gasteiger partial charge in [-0.05, 0) is 19.1 Å². The Morgan fingerprint density at radius 2 is 2.04 bits per heavy atom. The van der Waals surface area contributed by atoms with Crippen molar-refractivity contribution in [1.82, 2.24) is 4.98 Å². The number of anilines is 1. The molecule has 1 heterocycles. The molecule has 23 heavy (non-hydrogen) atoms. The van der Waals surface area contributed by atoms with E-state index in [0.29, 0.717) is 0 Å². The average molecular weight is 357 g/mol. The second-order valence-corrected chi connectivity index (χ2v) is 6.82. The van der Waals surface area contributed by atoms with Gasteiger partial charge in [-0.15, -0.1) is 0 Å². The van der Waals surface area contributed by atoms with Crippen molar-refractivity contribution < 1.29 is 22.9 Å². The molecule has 0 saturated heterocycles. The van der Waals surface area contributed by atoms with Crippen LogP contribution in [0.2, 0.25) is 0 Å². The number of hydrogen-bond acceptors (Lipinski definition) is 8. The highest BCUT2D eigenvalue weighted by Gasteiger charge is 2.19. The summed E-state index contributed by atoms with van der Waals surface area (Å²) in [6, 6.07) is 4.39. The van der Waals surface area contributed by atoms with Gasteiger partial charge in [0, 0.05) is 12.1 Å². The second kappa shape index (κ2) is 6.71. The first-order valence-electron chi connectivity index (χ1n) is 6.23. The minimum atomic E-state index is -3.96. The smallest absolute Gasteiger partial charge is 0.350 e. The van der Waals surface area contributed by atoms with E-state index in [9.17, 15) is 23.3 Å². The first kappa shape index (κ1) is 16.8. The molecule has 0 bridgehead atoms. The van der Waals surface area contributed by atoms with Gasteiger partial charge in [-0.3, -0.25) is 14.8 Å². The molecule has 1 aromatic carbocycles. The van der Waals surface area contributed by atoms with Crippen molar-refractivity contribution in [2.24, 2.45) is 0 Å². The van der Waals surface area contributed by atoms with E-state index < -0.39 is 20.9 Å². The molecule has 1 aromatic heterocycles. The van der Waals surface area contributed by atoms with E-state index in [1.165, 1.54) is 6.20 Å². The Bertz CT molecular complexity index is 829. The number of carbonyl (C=O) groups is 1. The summed E-state index contributed by atoms with van der Waals surface area (Å²) in [5.74, 6) is -0.592. The lowest BCUT2D eigenvalue weighted by molar-refractivity contribution is -0.384. The van der Waals surface area contributed by atoms with Crippen LogP contribution < -0.4 is 4.72 Å². The fourth-order valence-corrected chi connectivity index (χ4v) is 3.49. The van der Waals surface area contributed by atoms with Crippen LogP contribution in [0.3, 0.4) is 0 Å². The molecule has 122 valence electrons. The first-order chi connectivity index (χ1) is 10.8. The molecule has 0 aliphatic heterocycles. The highest BCUT2D eigenvalue weighted by molar-refractivity contribution is 7.93. The van der Waals surface area contributed by atoms with E-state index >= 15 is 0 Å². The zero-order valence-electron chi connectivity index (χ0n) is 11.8. The number of rotatable bonds is 6. The van der Waals surface area contributed by atoms with Gasteiger partial charge >= 0.3 is 5.97 Å². The van der Waals surface area contributed by atoms with E-state index in [0.717, 1.165) is 35.6 Å². The van der Waals surface area contributed by atoms with Crippen molar-refractivity contribution in [3.05, 3.63) is 45.5 Å². The van der Waals surface area contributed by atoms with Crippen molar-refractivity contribution in [1.29, 1.82) is 0 Å². The summed E-state index contributed by atoms with van der Waals surface area (Å²) in [6.07, 6.45) is 1.20. The molecule has 0 unspecified atom stereocenters. The molecule has 11 heteroatoms. The van der Waals surface area contributed by atoms with E-state index in [4.69, 9.17) is 4.74 Å². The summed E-state index contributed by atoms with van der Waals surface area (Å²) in [7, 11) is -3.96. The van der Waals surface area contributed by atoms with Gasteiger partial charge in [0.25, 0.3) is 15.7 Å². The van der Waals surface area contributed by atoms with Gasteiger partial charge in [-0.2, -0.15) is 0 Å². The van der Waals surface area contributed by atoms with Crippen LogP contribution in [0.25, 0.3) is 0 Å². The molecule has 0 spiro atoms. The molecule has 9 nitrogen and oxygen atoms in total. The minimum absolute atomic E-state index is 0.00796. The number of aromatic nitrogens is 1. The van der Waals surface area contributed by atoms with Crippen LogP contribution in [0, 0.1) is 10.1 Å². The lowest BCUT2D eigenvalue weighted by Crippen LogP contribution is -2.12. The van der Waals surface area contributed by atoms with E-state index in [2.05, 4.69) is 9.71 Å². The van der Waals surface area contributed by atoms with Crippen LogP contribution in [0.5, 0.6) is 0 Å². The summed E-state index contributed by atoms with van der Waals surface area (Å²) in [4.78, 5) is 25.2. The molecule has 0 aliphatic carbocycles. The molecule has 0 aliphatic rings. The number of ether oxygens (including phenoxy) is 1. The van der Waals surface area contributed by atoms with Gasteiger partial charge in [0.2, 0.25) is 0 Å². The summed E-state index contributed by atoms with van der Waals surface area (Å²) >= 11 is 0.826.